The van der Waals surface area contributed by atoms with Gasteiger partial charge in [-0.3, -0.25) is 4.79 Å². The van der Waals surface area contributed by atoms with Crippen molar-refractivity contribution in [3.05, 3.63) is 54.1 Å². The fraction of sp³-hybridized carbons (Fsp3) is 0.333. The lowest BCUT2D eigenvalue weighted by Gasteiger charge is -2.32. The summed E-state index contributed by atoms with van der Waals surface area (Å²) in [6.07, 6.45) is 2.64. The van der Waals surface area contributed by atoms with E-state index < -0.39 is 6.17 Å². The lowest BCUT2D eigenvalue weighted by molar-refractivity contribution is -0.764. The van der Waals surface area contributed by atoms with Crippen LogP contribution in [0.3, 0.4) is 0 Å². The molecule has 0 saturated carbocycles. The Balaban J connectivity index is 1.90. The number of benzene rings is 2. The van der Waals surface area contributed by atoms with Crippen molar-refractivity contribution in [3.63, 3.8) is 0 Å². The van der Waals surface area contributed by atoms with Crippen LogP contribution in [0.2, 0.25) is 0 Å². The Labute approximate surface area is 192 Å². The molecule has 0 N–H and O–H groups in total. The third-order valence-electron chi connectivity index (χ3n) is 5.43. The Bertz CT molecular complexity index is 1140. The van der Waals surface area contributed by atoms with E-state index in [1.165, 1.54) is 18.7 Å². The second kappa shape index (κ2) is 9.56. The van der Waals surface area contributed by atoms with Gasteiger partial charge in [0.05, 0.1) is 24.2 Å². The Kier molecular flexibility index (Phi) is 6.60. The van der Waals surface area contributed by atoms with Crippen LogP contribution in [0.25, 0.3) is 11.3 Å². The van der Waals surface area contributed by atoms with Crippen LogP contribution >= 0.6 is 11.8 Å². The molecule has 1 unspecified atom stereocenters. The zero-order valence-electron chi connectivity index (χ0n) is 18.4. The molecule has 32 heavy (non-hydrogen) atoms. The summed E-state index contributed by atoms with van der Waals surface area (Å²) in [6, 6.07) is 14.9. The molecule has 0 bridgehead atoms. The number of aromatic nitrogens is 3. The van der Waals surface area contributed by atoms with Gasteiger partial charge in [0.15, 0.2) is 0 Å². The molecule has 1 aliphatic rings. The molecule has 3 aromatic rings. The molecule has 7 nitrogen and oxygen atoms in total. The first-order valence-corrected chi connectivity index (χ1v) is 11.7. The molecule has 0 aliphatic carbocycles. The number of rotatable bonds is 7. The largest absolute Gasteiger partial charge is 0.854 e. The Morgan fingerprint density at radius 2 is 2.03 bits per heavy atom. The second-order valence-corrected chi connectivity index (χ2v) is 8.67. The van der Waals surface area contributed by atoms with Crippen molar-refractivity contribution in [1.29, 1.82) is 0 Å². The molecule has 166 valence electrons. The van der Waals surface area contributed by atoms with Crippen LogP contribution < -0.4 is 19.4 Å². The number of hydrogen-bond acceptors (Lipinski definition) is 6. The van der Waals surface area contributed by atoms with Gasteiger partial charge in [-0.15, -0.1) is 0 Å². The van der Waals surface area contributed by atoms with Gasteiger partial charge in [0.1, 0.15) is 5.75 Å². The number of nitrogens with zero attached hydrogens (tertiary/aromatic N) is 4. The van der Waals surface area contributed by atoms with Crippen LogP contribution in [0.1, 0.15) is 44.8 Å². The molecule has 1 amide bonds. The van der Waals surface area contributed by atoms with E-state index in [1.54, 1.807) is 16.7 Å². The maximum absolute atomic E-state index is 13.2. The number of thioether (sulfide) groups is 1. The molecule has 0 saturated heterocycles. The smallest absolute Gasteiger partial charge is 0.293 e. The minimum absolute atomic E-state index is 0.147. The van der Waals surface area contributed by atoms with Crippen molar-refractivity contribution < 1.29 is 19.3 Å². The van der Waals surface area contributed by atoms with E-state index in [1.807, 2.05) is 48.5 Å². The first-order valence-electron chi connectivity index (χ1n) is 10.7. The van der Waals surface area contributed by atoms with Crippen LogP contribution in [-0.4, -0.2) is 28.9 Å². The van der Waals surface area contributed by atoms with Gasteiger partial charge >= 0.3 is 0 Å². The zero-order valence-corrected chi connectivity index (χ0v) is 19.3. The van der Waals surface area contributed by atoms with Gasteiger partial charge in [-0.1, -0.05) is 54.4 Å². The number of unbranched alkanes of at least 4 members (excludes halogenated alkanes) is 2. The second-order valence-electron chi connectivity index (χ2n) is 7.60. The standard InChI is InChI=1S/C24H26N4O3S/c1-4-5-8-14-32-24-25-22(30)21-19-12-6-7-13-20(19)27(16(2)29)23(28(21)26-24)17-10-9-11-18(15-17)31-3/h6-7,9-13,15,23H,4-5,8,14H2,1-3H3. The number of para-hydroxylation sites is 1. The van der Waals surface area contributed by atoms with Crippen LogP contribution in [-0.2, 0) is 4.79 Å². The van der Waals surface area contributed by atoms with Crippen LogP contribution in [0.5, 0.6) is 11.6 Å². The highest BCUT2D eigenvalue weighted by atomic mass is 32.2. The highest BCUT2D eigenvalue weighted by Crippen LogP contribution is 2.41. The third-order valence-corrected chi connectivity index (χ3v) is 6.35. The fourth-order valence-corrected chi connectivity index (χ4v) is 4.78. The van der Waals surface area contributed by atoms with E-state index in [0.29, 0.717) is 27.9 Å². The fourth-order valence-electron chi connectivity index (χ4n) is 3.95. The molecule has 4 rings (SSSR count). The molecule has 0 radical (unpaired) electrons. The summed E-state index contributed by atoms with van der Waals surface area (Å²) in [5, 5.41) is 18.4. The van der Waals surface area contributed by atoms with Crippen molar-refractivity contribution in [1.82, 2.24) is 10.1 Å². The number of hydrogen-bond donors (Lipinski definition) is 0. The van der Waals surface area contributed by atoms with Gasteiger partial charge in [0, 0.05) is 23.3 Å². The average Bonchev–Trinajstić information content (AvgIpc) is 2.80. The highest BCUT2D eigenvalue weighted by molar-refractivity contribution is 7.99. The highest BCUT2D eigenvalue weighted by Gasteiger charge is 2.43. The number of carbonyl (C=O) groups excluding carboxylic acids is 1. The third kappa shape index (κ3) is 4.14. The molecular formula is C24H26N4O3S. The van der Waals surface area contributed by atoms with Crippen LogP contribution in [0, 0.1) is 0 Å². The number of amides is 1. The van der Waals surface area contributed by atoms with Crippen molar-refractivity contribution in [3.8, 4) is 22.9 Å². The SMILES string of the molecule is CCCCCSc1nc([O-])c2[n+](n1)C(c1cccc(OC)c1)N(C(C)=O)c1ccccc1-2. The summed E-state index contributed by atoms with van der Waals surface area (Å²) in [5.74, 6) is 1.01. The minimum Gasteiger partial charge on any atom is -0.854 e. The summed E-state index contributed by atoms with van der Waals surface area (Å²) in [5.41, 5.74) is 2.48. The monoisotopic (exact) mass is 450 g/mol. The maximum Gasteiger partial charge on any atom is 0.293 e. The number of fused-ring (bicyclic) bond motifs is 3. The van der Waals surface area contributed by atoms with Crippen LogP contribution in [0.4, 0.5) is 5.69 Å². The molecule has 8 heteroatoms. The number of ether oxygens (including phenoxy) is 1. The maximum atomic E-state index is 13.2. The molecule has 0 fully saturated rings. The molecule has 2 heterocycles. The first kappa shape index (κ1) is 22.1. The van der Waals surface area contributed by atoms with E-state index >= 15 is 0 Å². The van der Waals surface area contributed by atoms with E-state index in [2.05, 4.69) is 11.9 Å². The number of anilines is 1. The molecule has 0 spiro atoms. The number of carbonyl (C=O) groups is 1. The van der Waals surface area contributed by atoms with Crippen molar-refractivity contribution in [2.45, 2.75) is 44.4 Å². The van der Waals surface area contributed by atoms with Gasteiger partial charge in [-0.25, -0.2) is 9.88 Å². The summed E-state index contributed by atoms with van der Waals surface area (Å²) < 4.78 is 7.06. The summed E-state index contributed by atoms with van der Waals surface area (Å²) in [7, 11) is 1.60. The predicted octanol–water partition coefficient (Wildman–Crippen LogP) is 3.71. The predicted molar refractivity (Wildman–Crippen MR) is 122 cm³/mol. The molecule has 1 aliphatic heterocycles. The molecule has 1 atom stereocenters. The summed E-state index contributed by atoms with van der Waals surface area (Å²) >= 11 is 1.47. The van der Waals surface area contributed by atoms with Crippen molar-refractivity contribution in [2.24, 2.45) is 0 Å². The summed E-state index contributed by atoms with van der Waals surface area (Å²) in [6.45, 7) is 3.67. The van der Waals surface area contributed by atoms with Gasteiger partial charge in [0.25, 0.3) is 17.0 Å². The van der Waals surface area contributed by atoms with E-state index in [0.717, 1.165) is 30.6 Å². The van der Waals surface area contributed by atoms with Crippen molar-refractivity contribution >= 4 is 23.4 Å². The Hall–Kier alpha value is -3.13. The Morgan fingerprint density at radius 3 is 2.78 bits per heavy atom. The molecule has 2 aromatic carbocycles. The van der Waals surface area contributed by atoms with Gasteiger partial charge in [-0.05, 0) is 36.8 Å². The van der Waals surface area contributed by atoms with Gasteiger partial charge in [0.2, 0.25) is 5.91 Å². The molecule has 1 aromatic heterocycles. The van der Waals surface area contributed by atoms with Crippen LogP contribution in [0.15, 0.2) is 53.7 Å². The van der Waals surface area contributed by atoms with Crippen molar-refractivity contribution in [2.75, 3.05) is 17.8 Å². The zero-order chi connectivity index (χ0) is 22.7. The van der Waals surface area contributed by atoms with E-state index in [-0.39, 0.29) is 11.8 Å². The Morgan fingerprint density at radius 1 is 1.22 bits per heavy atom. The number of methoxy groups -OCH3 is 1. The lowest BCUT2D eigenvalue weighted by atomic mass is 10.0. The quantitative estimate of drug-likeness (QED) is 0.310. The normalized spacial score (nSPS) is 14.6. The first-order chi connectivity index (χ1) is 15.5. The summed E-state index contributed by atoms with van der Waals surface area (Å²) in [4.78, 5) is 18.8. The lowest BCUT2D eigenvalue weighted by Crippen LogP contribution is -2.58. The van der Waals surface area contributed by atoms with Gasteiger partial charge in [-0.2, -0.15) is 0 Å². The minimum atomic E-state index is -0.627. The topological polar surface area (TPSA) is 82.3 Å². The van der Waals surface area contributed by atoms with Gasteiger partial charge < -0.3 is 9.84 Å². The van der Waals surface area contributed by atoms with E-state index in [9.17, 15) is 9.90 Å². The molecular weight excluding hydrogens is 424 g/mol. The average molecular weight is 451 g/mol. The van der Waals surface area contributed by atoms with E-state index in [4.69, 9.17) is 9.84 Å².